The van der Waals surface area contributed by atoms with Crippen molar-refractivity contribution in [3.05, 3.63) is 64.7 Å². The third-order valence-corrected chi connectivity index (χ3v) is 4.77. The number of nitrogens with zero attached hydrogens (tertiary/aromatic N) is 1. The molecule has 0 N–H and O–H groups in total. The quantitative estimate of drug-likeness (QED) is 0.350. The summed E-state index contributed by atoms with van der Waals surface area (Å²) >= 11 is 6.23. The van der Waals surface area contributed by atoms with Crippen molar-refractivity contribution in [2.24, 2.45) is 0 Å². The lowest BCUT2D eigenvalue weighted by Gasteiger charge is -2.15. The van der Waals surface area contributed by atoms with Gasteiger partial charge in [0.15, 0.2) is 0 Å². The summed E-state index contributed by atoms with van der Waals surface area (Å²) in [5, 5.41) is -0.162. The highest BCUT2D eigenvalue weighted by atomic mass is 35.5. The minimum absolute atomic E-state index is 0.0130. The number of anilines is 1. The molecule has 0 radical (unpaired) electrons. The Hall–Kier alpha value is -3.16. The fraction of sp³-hybridized carbons (Fsp3) is 0.261. The van der Waals surface area contributed by atoms with Crippen molar-refractivity contribution in [3.63, 3.8) is 0 Å². The van der Waals surface area contributed by atoms with Crippen LogP contribution in [0.5, 0.6) is 5.75 Å². The number of carbonyl (C=O) groups is 3. The second-order valence-electron chi connectivity index (χ2n) is 7.00. The number of amides is 2. The molecule has 0 atom stereocenters. The average Bonchev–Trinajstić information content (AvgIpc) is 2.97. The molecule has 0 unspecified atom stereocenters. The standard InChI is InChI=1S/C23H22ClNO6/c1-14(2)31-18-10-6-15(7-11-18)19-20(24)22(27)25(21(19)26)17-8-4-16(5-9-17)23(28)30-13-12-29-3/h4-11,14H,12-13H2,1-3H3. The van der Waals surface area contributed by atoms with E-state index in [4.69, 9.17) is 25.8 Å². The Morgan fingerprint density at radius 1 is 0.968 bits per heavy atom. The van der Waals surface area contributed by atoms with Gasteiger partial charge in [0.25, 0.3) is 11.8 Å². The van der Waals surface area contributed by atoms with Crippen molar-refractivity contribution in [3.8, 4) is 5.75 Å². The van der Waals surface area contributed by atoms with E-state index in [2.05, 4.69) is 0 Å². The molecule has 0 saturated carbocycles. The summed E-state index contributed by atoms with van der Waals surface area (Å²) in [6.07, 6.45) is 0.0130. The highest BCUT2D eigenvalue weighted by Gasteiger charge is 2.39. The molecule has 1 aliphatic rings. The third-order valence-electron chi connectivity index (χ3n) is 4.42. The van der Waals surface area contributed by atoms with Crippen LogP contribution in [0.25, 0.3) is 5.57 Å². The zero-order chi connectivity index (χ0) is 22.5. The van der Waals surface area contributed by atoms with Crippen LogP contribution in [-0.2, 0) is 19.1 Å². The van der Waals surface area contributed by atoms with E-state index in [0.717, 1.165) is 4.90 Å². The molecule has 2 amide bonds. The second kappa shape index (κ2) is 9.76. The van der Waals surface area contributed by atoms with E-state index < -0.39 is 17.8 Å². The summed E-state index contributed by atoms with van der Waals surface area (Å²) in [6.45, 7) is 4.24. The van der Waals surface area contributed by atoms with Gasteiger partial charge in [0.1, 0.15) is 17.4 Å². The molecule has 162 valence electrons. The van der Waals surface area contributed by atoms with Gasteiger partial charge in [-0.1, -0.05) is 23.7 Å². The predicted octanol–water partition coefficient (Wildman–Crippen LogP) is 3.80. The summed E-state index contributed by atoms with van der Waals surface area (Å²) in [6, 6.07) is 12.8. The van der Waals surface area contributed by atoms with E-state index in [9.17, 15) is 14.4 Å². The predicted molar refractivity (Wildman–Crippen MR) is 116 cm³/mol. The number of carbonyl (C=O) groups excluding carboxylic acids is 3. The lowest BCUT2D eigenvalue weighted by Crippen LogP contribution is -2.31. The smallest absolute Gasteiger partial charge is 0.338 e. The molecule has 0 aliphatic carbocycles. The number of imide groups is 1. The molecule has 1 heterocycles. The van der Waals surface area contributed by atoms with Crippen molar-refractivity contribution in [1.29, 1.82) is 0 Å². The molecule has 1 aliphatic heterocycles. The van der Waals surface area contributed by atoms with Crippen molar-refractivity contribution in [1.82, 2.24) is 0 Å². The summed E-state index contributed by atoms with van der Waals surface area (Å²) in [5.74, 6) is -1.04. The number of esters is 1. The molecule has 7 nitrogen and oxygen atoms in total. The highest BCUT2D eigenvalue weighted by molar-refractivity contribution is 6.60. The van der Waals surface area contributed by atoms with Gasteiger partial charge in [0.05, 0.1) is 29.5 Å². The summed E-state index contributed by atoms with van der Waals surface area (Å²) < 4.78 is 15.5. The maximum atomic E-state index is 13.0. The van der Waals surface area contributed by atoms with E-state index in [1.165, 1.54) is 31.4 Å². The largest absolute Gasteiger partial charge is 0.491 e. The van der Waals surface area contributed by atoms with Gasteiger partial charge >= 0.3 is 5.97 Å². The Kier molecular flexibility index (Phi) is 7.09. The van der Waals surface area contributed by atoms with E-state index in [0.29, 0.717) is 22.6 Å². The van der Waals surface area contributed by atoms with E-state index in [1.807, 2.05) is 13.8 Å². The first-order valence-corrected chi connectivity index (χ1v) is 10.0. The maximum Gasteiger partial charge on any atom is 0.338 e. The zero-order valence-corrected chi connectivity index (χ0v) is 18.1. The van der Waals surface area contributed by atoms with Crippen LogP contribution in [0.2, 0.25) is 0 Å². The van der Waals surface area contributed by atoms with Crippen molar-refractivity contribution < 1.29 is 28.6 Å². The molecule has 2 aromatic rings. The Labute approximate surface area is 185 Å². The van der Waals surface area contributed by atoms with E-state index in [1.54, 1.807) is 24.3 Å². The van der Waals surface area contributed by atoms with Crippen LogP contribution in [0, 0.1) is 0 Å². The monoisotopic (exact) mass is 443 g/mol. The van der Waals surface area contributed by atoms with Crippen LogP contribution >= 0.6 is 11.6 Å². The first-order chi connectivity index (χ1) is 14.8. The molecule has 8 heteroatoms. The second-order valence-corrected chi connectivity index (χ2v) is 7.38. The fourth-order valence-electron chi connectivity index (χ4n) is 3.01. The molecule has 2 aromatic carbocycles. The summed E-state index contributed by atoms with van der Waals surface area (Å²) in [5.41, 5.74) is 1.22. The maximum absolute atomic E-state index is 13.0. The zero-order valence-electron chi connectivity index (χ0n) is 17.4. The first kappa shape index (κ1) is 22.5. The Morgan fingerprint density at radius 3 is 2.19 bits per heavy atom. The number of benzene rings is 2. The number of hydrogen-bond acceptors (Lipinski definition) is 6. The van der Waals surface area contributed by atoms with Crippen molar-refractivity contribution >= 4 is 40.6 Å². The Bertz CT molecular complexity index is 1010. The minimum atomic E-state index is -0.625. The topological polar surface area (TPSA) is 82.1 Å². The van der Waals surface area contributed by atoms with Crippen LogP contribution in [0.15, 0.2) is 53.6 Å². The average molecular weight is 444 g/mol. The lowest BCUT2D eigenvalue weighted by molar-refractivity contribution is -0.119. The van der Waals surface area contributed by atoms with Crippen molar-refractivity contribution in [2.75, 3.05) is 25.2 Å². The first-order valence-electron chi connectivity index (χ1n) is 9.65. The summed E-state index contributed by atoms with van der Waals surface area (Å²) in [4.78, 5) is 38.7. The van der Waals surface area contributed by atoms with Gasteiger partial charge in [0.2, 0.25) is 0 Å². The van der Waals surface area contributed by atoms with Gasteiger partial charge in [-0.25, -0.2) is 9.69 Å². The minimum Gasteiger partial charge on any atom is -0.491 e. The normalized spacial score (nSPS) is 13.9. The highest BCUT2D eigenvalue weighted by Crippen LogP contribution is 2.35. The molecule has 0 bridgehead atoms. The van der Waals surface area contributed by atoms with Crippen LogP contribution < -0.4 is 9.64 Å². The number of methoxy groups -OCH3 is 1. The number of hydrogen-bond donors (Lipinski definition) is 0. The molecule has 31 heavy (non-hydrogen) atoms. The fourth-order valence-corrected chi connectivity index (χ4v) is 3.28. The van der Waals surface area contributed by atoms with Gasteiger partial charge in [-0.15, -0.1) is 0 Å². The molecule has 0 fully saturated rings. The molecule has 0 saturated heterocycles. The molecule has 0 aromatic heterocycles. The summed E-state index contributed by atoms with van der Waals surface area (Å²) in [7, 11) is 1.51. The number of rotatable bonds is 8. The molecular weight excluding hydrogens is 422 g/mol. The van der Waals surface area contributed by atoms with E-state index in [-0.39, 0.29) is 29.9 Å². The number of halogens is 1. The van der Waals surface area contributed by atoms with E-state index >= 15 is 0 Å². The van der Waals surface area contributed by atoms with Crippen LogP contribution in [0.4, 0.5) is 5.69 Å². The van der Waals surface area contributed by atoms with Gasteiger partial charge in [-0.3, -0.25) is 9.59 Å². The van der Waals surface area contributed by atoms with Crippen LogP contribution in [0.3, 0.4) is 0 Å². The number of ether oxygens (including phenoxy) is 3. The van der Waals surface area contributed by atoms with Crippen LogP contribution in [0.1, 0.15) is 29.8 Å². The van der Waals surface area contributed by atoms with Gasteiger partial charge in [-0.2, -0.15) is 0 Å². The van der Waals surface area contributed by atoms with Gasteiger partial charge in [0, 0.05) is 7.11 Å². The molecule has 3 rings (SSSR count). The Morgan fingerprint density at radius 2 is 1.61 bits per heavy atom. The van der Waals surface area contributed by atoms with Crippen molar-refractivity contribution in [2.45, 2.75) is 20.0 Å². The van der Waals surface area contributed by atoms with Gasteiger partial charge in [-0.05, 0) is 55.8 Å². The Balaban J connectivity index is 1.78. The van der Waals surface area contributed by atoms with Crippen LogP contribution in [-0.4, -0.2) is 44.2 Å². The molecule has 0 spiro atoms. The third kappa shape index (κ3) is 4.95. The SMILES string of the molecule is COCCOC(=O)c1ccc(N2C(=O)C(Cl)=C(c3ccc(OC(C)C)cc3)C2=O)cc1. The molecular formula is C23H22ClNO6. The van der Waals surface area contributed by atoms with Gasteiger partial charge < -0.3 is 14.2 Å². The lowest BCUT2D eigenvalue weighted by atomic mass is 10.1.